The van der Waals surface area contributed by atoms with Crippen LogP contribution in [0.2, 0.25) is 0 Å². The maximum atomic E-state index is 3.61. The van der Waals surface area contributed by atoms with Crippen molar-refractivity contribution in [2.75, 3.05) is 6.54 Å². The molecule has 102 valence electrons. The third-order valence-corrected chi connectivity index (χ3v) is 4.82. The Hall–Kier alpha value is -0.640. The molecule has 1 heterocycles. The van der Waals surface area contributed by atoms with Gasteiger partial charge < -0.3 is 5.32 Å². The Morgan fingerprint density at radius 2 is 1.89 bits per heavy atom. The minimum Gasteiger partial charge on any atom is -0.306 e. The SMILES string of the molecule is CCNC(c1cc(C)cc(Br)c1)c1sc(C)cc1C. The summed E-state index contributed by atoms with van der Waals surface area (Å²) in [5.74, 6) is 0. The highest BCUT2D eigenvalue weighted by Gasteiger charge is 2.18. The molecule has 3 heteroatoms. The lowest BCUT2D eigenvalue weighted by Gasteiger charge is -2.19. The van der Waals surface area contributed by atoms with E-state index >= 15 is 0 Å². The van der Waals surface area contributed by atoms with Crippen LogP contribution >= 0.6 is 27.3 Å². The predicted octanol–water partition coefficient (Wildman–Crippen LogP) is 5.13. The Bertz CT molecular complexity index is 554. The molecule has 0 fully saturated rings. The van der Waals surface area contributed by atoms with Crippen molar-refractivity contribution in [3.63, 3.8) is 0 Å². The van der Waals surface area contributed by atoms with Crippen molar-refractivity contribution < 1.29 is 0 Å². The van der Waals surface area contributed by atoms with Crippen molar-refractivity contribution in [2.24, 2.45) is 0 Å². The second kappa shape index (κ2) is 6.21. The van der Waals surface area contributed by atoms with E-state index in [1.807, 2.05) is 11.3 Å². The number of rotatable bonds is 4. The molecule has 0 radical (unpaired) electrons. The fraction of sp³-hybridized carbons (Fsp3) is 0.375. The minimum absolute atomic E-state index is 0.292. The quantitative estimate of drug-likeness (QED) is 0.814. The van der Waals surface area contributed by atoms with Crippen LogP contribution in [0, 0.1) is 20.8 Å². The predicted molar refractivity (Wildman–Crippen MR) is 88.2 cm³/mol. The summed E-state index contributed by atoms with van der Waals surface area (Å²) >= 11 is 5.50. The van der Waals surface area contributed by atoms with Crippen molar-refractivity contribution in [3.8, 4) is 0 Å². The van der Waals surface area contributed by atoms with Gasteiger partial charge in [0.1, 0.15) is 0 Å². The molecule has 0 aliphatic rings. The Labute approximate surface area is 128 Å². The Morgan fingerprint density at radius 1 is 1.16 bits per heavy atom. The lowest BCUT2D eigenvalue weighted by molar-refractivity contribution is 0.636. The molecule has 1 nitrogen and oxygen atoms in total. The standard InChI is InChI=1S/C16H20BrNS/c1-5-18-15(16-11(3)8-12(4)19-16)13-6-10(2)7-14(17)9-13/h6-9,15,18H,5H2,1-4H3. The first-order valence-corrected chi connectivity index (χ1v) is 8.19. The molecule has 1 N–H and O–H groups in total. The molecule has 0 saturated carbocycles. The van der Waals surface area contributed by atoms with Crippen LogP contribution in [0.4, 0.5) is 0 Å². The van der Waals surface area contributed by atoms with Crippen molar-refractivity contribution in [1.82, 2.24) is 5.32 Å². The van der Waals surface area contributed by atoms with Gasteiger partial charge in [-0.1, -0.05) is 28.9 Å². The molecule has 1 aromatic carbocycles. The highest BCUT2D eigenvalue weighted by Crippen LogP contribution is 2.33. The molecule has 19 heavy (non-hydrogen) atoms. The molecule has 2 rings (SSSR count). The van der Waals surface area contributed by atoms with E-state index in [2.05, 4.69) is 73.2 Å². The summed E-state index contributed by atoms with van der Waals surface area (Å²) in [6.45, 7) is 9.65. The van der Waals surface area contributed by atoms with Gasteiger partial charge in [0.2, 0.25) is 0 Å². The molecule has 0 spiro atoms. The number of nitrogens with one attached hydrogen (secondary N) is 1. The average Bonchev–Trinajstić information content (AvgIpc) is 2.64. The van der Waals surface area contributed by atoms with Crippen LogP contribution in [0.5, 0.6) is 0 Å². The average molecular weight is 338 g/mol. The van der Waals surface area contributed by atoms with Gasteiger partial charge in [0.05, 0.1) is 6.04 Å². The third kappa shape index (κ3) is 3.47. The van der Waals surface area contributed by atoms with E-state index in [0.29, 0.717) is 6.04 Å². The largest absolute Gasteiger partial charge is 0.306 e. The highest BCUT2D eigenvalue weighted by atomic mass is 79.9. The van der Waals surface area contributed by atoms with Crippen LogP contribution in [0.15, 0.2) is 28.7 Å². The number of benzene rings is 1. The maximum Gasteiger partial charge on any atom is 0.0674 e. The molecule has 1 unspecified atom stereocenters. The third-order valence-electron chi connectivity index (χ3n) is 3.15. The summed E-state index contributed by atoms with van der Waals surface area (Å²) in [7, 11) is 0. The molecule has 0 saturated heterocycles. The van der Waals surface area contributed by atoms with Gasteiger partial charge in [-0.05, 0) is 62.2 Å². The van der Waals surface area contributed by atoms with Crippen molar-refractivity contribution >= 4 is 27.3 Å². The van der Waals surface area contributed by atoms with Crippen molar-refractivity contribution in [1.29, 1.82) is 0 Å². The summed E-state index contributed by atoms with van der Waals surface area (Å²) in [5, 5.41) is 3.61. The molecular weight excluding hydrogens is 318 g/mol. The molecule has 0 aliphatic heterocycles. The monoisotopic (exact) mass is 337 g/mol. The summed E-state index contributed by atoms with van der Waals surface area (Å²) in [5.41, 5.74) is 4.00. The number of thiophene rings is 1. The van der Waals surface area contributed by atoms with Gasteiger partial charge >= 0.3 is 0 Å². The smallest absolute Gasteiger partial charge is 0.0674 e. The van der Waals surface area contributed by atoms with Crippen LogP contribution in [0.1, 0.15) is 39.4 Å². The lowest BCUT2D eigenvalue weighted by Crippen LogP contribution is -2.21. The van der Waals surface area contributed by atoms with Gasteiger partial charge in [0, 0.05) is 14.2 Å². The number of aryl methyl sites for hydroxylation is 3. The second-order valence-corrected chi connectivity index (χ2v) is 7.16. The first-order chi connectivity index (χ1) is 9.01. The zero-order valence-corrected chi connectivity index (χ0v) is 14.3. The topological polar surface area (TPSA) is 12.0 Å². The molecule has 1 aromatic heterocycles. The van der Waals surface area contributed by atoms with Crippen molar-refractivity contribution in [3.05, 3.63) is 55.2 Å². The van der Waals surface area contributed by atoms with E-state index < -0.39 is 0 Å². The number of hydrogen-bond acceptors (Lipinski definition) is 2. The Kier molecular flexibility index (Phi) is 4.82. The van der Waals surface area contributed by atoms with Crippen LogP contribution in [0.25, 0.3) is 0 Å². The molecule has 1 atom stereocenters. The summed E-state index contributed by atoms with van der Waals surface area (Å²) in [4.78, 5) is 2.80. The first kappa shape index (κ1) is 14.8. The van der Waals surface area contributed by atoms with E-state index in [4.69, 9.17) is 0 Å². The lowest BCUT2D eigenvalue weighted by atomic mass is 10.0. The Balaban J connectivity index is 2.47. The van der Waals surface area contributed by atoms with Gasteiger partial charge in [0.15, 0.2) is 0 Å². The molecule has 2 aromatic rings. The van der Waals surface area contributed by atoms with E-state index in [-0.39, 0.29) is 0 Å². The van der Waals surface area contributed by atoms with Crippen LogP contribution < -0.4 is 5.32 Å². The zero-order chi connectivity index (χ0) is 14.0. The summed E-state index contributed by atoms with van der Waals surface area (Å²) < 4.78 is 1.15. The Morgan fingerprint density at radius 3 is 2.42 bits per heavy atom. The van der Waals surface area contributed by atoms with E-state index in [9.17, 15) is 0 Å². The molecule has 0 amide bonds. The second-order valence-electron chi connectivity index (χ2n) is 4.96. The van der Waals surface area contributed by atoms with Crippen LogP contribution in [-0.2, 0) is 0 Å². The van der Waals surface area contributed by atoms with Gasteiger partial charge in [-0.2, -0.15) is 0 Å². The molecule has 0 aliphatic carbocycles. The van der Waals surface area contributed by atoms with Gasteiger partial charge in [-0.15, -0.1) is 11.3 Å². The van der Waals surface area contributed by atoms with Gasteiger partial charge in [-0.3, -0.25) is 0 Å². The van der Waals surface area contributed by atoms with E-state index in [1.54, 1.807) is 0 Å². The van der Waals surface area contributed by atoms with E-state index in [0.717, 1.165) is 11.0 Å². The first-order valence-electron chi connectivity index (χ1n) is 6.58. The molecular formula is C16H20BrNS. The van der Waals surface area contributed by atoms with Crippen LogP contribution in [0.3, 0.4) is 0 Å². The van der Waals surface area contributed by atoms with Gasteiger partial charge in [-0.25, -0.2) is 0 Å². The van der Waals surface area contributed by atoms with Crippen molar-refractivity contribution in [2.45, 2.75) is 33.7 Å². The zero-order valence-electron chi connectivity index (χ0n) is 11.9. The maximum absolute atomic E-state index is 3.61. The van der Waals surface area contributed by atoms with E-state index in [1.165, 1.54) is 26.4 Å². The highest BCUT2D eigenvalue weighted by molar-refractivity contribution is 9.10. The number of hydrogen-bond donors (Lipinski definition) is 1. The van der Waals surface area contributed by atoms with Gasteiger partial charge in [0.25, 0.3) is 0 Å². The minimum atomic E-state index is 0.292. The molecule has 0 bridgehead atoms. The number of halogens is 1. The fourth-order valence-corrected chi connectivity index (χ4v) is 4.21. The normalized spacial score (nSPS) is 12.7. The summed E-state index contributed by atoms with van der Waals surface area (Å²) in [6, 6.07) is 9.20. The fourth-order valence-electron chi connectivity index (χ4n) is 2.44. The van der Waals surface area contributed by atoms with Crippen LogP contribution in [-0.4, -0.2) is 6.54 Å². The summed E-state index contributed by atoms with van der Waals surface area (Å²) in [6.07, 6.45) is 0.